The number of aromatic nitrogens is 3. The van der Waals surface area contributed by atoms with E-state index in [1.165, 1.54) is 0 Å². The Kier molecular flexibility index (Phi) is 5.08. The zero-order valence-electron chi connectivity index (χ0n) is 18.6. The van der Waals surface area contributed by atoms with Gasteiger partial charge in [-0.05, 0) is 58.1 Å². The Morgan fingerprint density at radius 1 is 1.22 bits per heavy atom. The number of carbonyl (C=O) groups excluding carboxylic acids is 1. The fraction of sp³-hybridized carbons (Fsp3) is 0.391. The molecule has 166 valence electrons. The van der Waals surface area contributed by atoms with Gasteiger partial charge in [0, 0.05) is 22.4 Å². The molecule has 1 aliphatic carbocycles. The Morgan fingerprint density at radius 3 is 2.72 bits per heavy atom. The minimum Gasteiger partial charge on any atom is -0.469 e. The Balaban J connectivity index is 1.47. The van der Waals surface area contributed by atoms with Crippen molar-refractivity contribution in [2.45, 2.75) is 44.1 Å². The van der Waals surface area contributed by atoms with E-state index in [4.69, 9.17) is 4.74 Å². The van der Waals surface area contributed by atoms with Crippen molar-refractivity contribution in [1.82, 2.24) is 15.0 Å². The number of anilines is 3. The van der Waals surface area contributed by atoms with Crippen LogP contribution in [0.3, 0.4) is 0 Å². The lowest BCUT2D eigenvalue weighted by molar-refractivity contribution is -0.117. The van der Waals surface area contributed by atoms with Crippen LogP contribution < -0.4 is 10.6 Å². The Morgan fingerprint density at radius 2 is 2.03 bits per heavy atom. The number of thioether (sulfide) groups is 1. The van der Waals surface area contributed by atoms with Crippen molar-refractivity contribution >= 4 is 51.9 Å². The number of imidazole rings is 1. The molecule has 9 heteroatoms. The highest BCUT2D eigenvalue weighted by Crippen LogP contribution is 2.35. The van der Waals surface area contributed by atoms with Crippen LogP contribution in [0.4, 0.5) is 17.2 Å². The topological polar surface area (TPSA) is 104 Å². The summed E-state index contributed by atoms with van der Waals surface area (Å²) < 4.78 is 5.99. The molecule has 3 aromatic rings. The van der Waals surface area contributed by atoms with E-state index in [2.05, 4.69) is 36.6 Å². The van der Waals surface area contributed by atoms with Crippen molar-refractivity contribution in [3.63, 3.8) is 0 Å². The van der Waals surface area contributed by atoms with Crippen LogP contribution >= 0.6 is 11.8 Å². The van der Waals surface area contributed by atoms with Crippen LogP contribution in [-0.4, -0.2) is 45.2 Å². The second-order valence-electron chi connectivity index (χ2n) is 8.86. The average Bonchev–Trinajstić information content (AvgIpc) is 3.44. The predicted octanol–water partition coefficient (Wildman–Crippen LogP) is 4.64. The first kappa shape index (κ1) is 20.8. The smallest absolute Gasteiger partial charge is 0.228 e. The monoisotopic (exact) mass is 450 g/mol. The molecular weight excluding hydrogens is 424 g/mol. The van der Waals surface area contributed by atoms with E-state index in [0.717, 1.165) is 46.0 Å². The standard InChI is InChI=1S/C23H26N6O2S/c1-12-25-19-16(10-18(28-20(19)26-12)29-21(30)13-5-6-13)27-15-8-7-14(9-17(15)32-4)22-24-11-23(2,3)31-22/h7-10,13H,5-6,11H2,1-4H3,(H3,25,26,27,28,29,30). The predicted molar refractivity (Wildman–Crippen MR) is 128 cm³/mol. The van der Waals surface area contributed by atoms with E-state index in [1.54, 1.807) is 11.8 Å². The summed E-state index contributed by atoms with van der Waals surface area (Å²) >= 11 is 1.64. The highest BCUT2D eigenvalue weighted by atomic mass is 32.2. The number of pyridine rings is 1. The number of carbonyl (C=O) groups is 1. The Hall–Kier alpha value is -3.07. The zero-order chi connectivity index (χ0) is 22.5. The number of rotatable bonds is 6. The molecule has 0 spiro atoms. The highest BCUT2D eigenvalue weighted by molar-refractivity contribution is 7.98. The quantitative estimate of drug-likeness (QED) is 0.473. The maximum Gasteiger partial charge on any atom is 0.228 e. The van der Waals surface area contributed by atoms with Crippen LogP contribution in [0.1, 0.15) is 38.1 Å². The van der Waals surface area contributed by atoms with Crippen LogP contribution in [0, 0.1) is 12.8 Å². The molecule has 1 aromatic carbocycles. The molecule has 0 bridgehead atoms. The molecule has 5 rings (SSSR count). The molecule has 2 aromatic heterocycles. The molecule has 0 unspecified atom stereocenters. The molecule has 32 heavy (non-hydrogen) atoms. The molecule has 0 atom stereocenters. The van der Waals surface area contributed by atoms with Gasteiger partial charge in [-0.2, -0.15) is 0 Å². The van der Waals surface area contributed by atoms with Gasteiger partial charge >= 0.3 is 0 Å². The van der Waals surface area contributed by atoms with Gasteiger partial charge in [-0.3, -0.25) is 4.79 Å². The van der Waals surface area contributed by atoms with Crippen LogP contribution in [0.2, 0.25) is 0 Å². The van der Waals surface area contributed by atoms with Gasteiger partial charge in [0.15, 0.2) is 5.65 Å². The Bertz CT molecular complexity index is 1240. The van der Waals surface area contributed by atoms with E-state index >= 15 is 0 Å². The average molecular weight is 451 g/mol. The number of aryl methyl sites for hydroxylation is 1. The van der Waals surface area contributed by atoms with E-state index in [-0.39, 0.29) is 17.4 Å². The van der Waals surface area contributed by atoms with E-state index in [0.29, 0.717) is 23.9 Å². The van der Waals surface area contributed by atoms with Crippen LogP contribution in [0.25, 0.3) is 11.2 Å². The molecule has 1 saturated carbocycles. The number of hydrogen-bond acceptors (Lipinski definition) is 7. The van der Waals surface area contributed by atoms with Gasteiger partial charge in [-0.25, -0.2) is 15.0 Å². The van der Waals surface area contributed by atoms with Crippen molar-refractivity contribution in [2.24, 2.45) is 10.9 Å². The number of aliphatic imine (C=N–C) groups is 1. The number of nitrogens with zero attached hydrogens (tertiary/aromatic N) is 3. The maximum absolute atomic E-state index is 12.3. The lowest BCUT2D eigenvalue weighted by Crippen LogP contribution is -2.24. The SMILES string of the molecule is CSc1cc(C2=NCC(C)(C)O2)ccc1Nc1cc(NC(=O)C2CC2)nc2nc(C)[nH]c12. The molecule has 3 heterocycles. The fourth-order valence-corrected chi connectivity index (χ4v) is 4.23. The van der Waals surface area contributed by atoms with Crippen molar-refractivity contribution in [2.75, 3.05) is 23.4 Å². The summed E-state index contributed by atoms with van der Waals surface area (Å²) in [5, 5.41) is 6.44. The zero-order valence-corrected chi connectivity index (χ0v) is 19.4. The van der Waals surface area contributed by atoms with E-state index < -0.39 is 0 Å². The molecule has 8 nitrogen and oxygen atoms in total. The summed E-state index contributed by atoms with van der Waals surface area (Å²) in [6.45, 7) is 6.62. The summed E-state index contributed by atoms with van der Waals surface area (Å²) in [6, 6.07) is 7.97. The third-order valence-electron chi connectivity index (χ3n) is 5.47. The summed E-state index contributed by atoms with van der Waals surface area (Å²) in [5.74, 6) is 2.07. The number of H-pyrrole nitrogens is 1. The first-order valence-electron chi connectivity index (χ1n) is 10.7. The highest BCUT2D eigenvalue weighted by Gasteiger charge is 2.30. The lowest BCUT2D eigenvalue weighted by Gasteiger charge is -2.18. The van der Waals surface area contributed by atoms with Crippen molar-refractivity contribution < 1.29 is 9.53 Å². The molecule has 0 radical (unpaired) electrons. The van der Waals surface area contributed by atoms with Gasteiger partial charge < -0.3 is 20.4 Å². The van der Waals surface area contributed by atoms with Crippen LogP contribution in [0.5, 0.6) is 0 Å². The normalized spacial score (nSPS) is 17.2. The summed E-state index contributed by atoms with van der Waals surface area (Å²) in [4.78, 5) is 30.1. The maximum atomic E-state index is 12.3. The van der Waals surface area contributed by atoms with Crippen molar-refractivity contribution in [1.29, 1.82) is 0 Å². The lowest BCUT2D eigenvalue weighted by atomic mass is 10.1. The molecule has 0 saturated heterocycles. The molecular formula is C23H26N6O2S. The molecule has 1 aliphatic heterocycles. The van der Waals surface area contributed by atoms with Gasteiger partial charge in [-0.15, -0.1) is 11.8 Å². The van der Waals surface area contributed by atoms with Gasteiger partial charge in [0.2, 0.25) is 11.8 Å². The number of ether oxygens (including phenoxy) is 1. The summed E-state index contributed by atoms with van der Waals surface area (Å²) in [6.07, 6.45) is 3.92. The second kappa shape index (κ2) is 7.81. The number of benzene rings is 1. The number of hydrogen-bond donors (Lipinski definition) is 3. The first-order valence-corrected chi connectivity index (χ1v) is 11.9. The molecule has 2 aliphatic rings. The summed E-state index contributed by atoms with van der Waals surface area (Å²) in [7, 11) is 0. The second-order valence-corrected chi connectivity index (χ2v) is 9.71. The molecule has 1 amide bonds. The number of nitrogens with one attached hydrogen (secondary N) is 3. The fourth-order valence-electron chi connectivity index (χ4n) is 3.65. The molecule has 1 fully saturated rings. The molecule has 3 N–H and O–H groups in total. The summed E-state index contributed by atoms with van der Waals surface area (Å²) in [5.41, 5.74) is 3.80. The Labute approximate surface area is 190 Å². The van der Waals surface area contributed by atoms with Gasteiger partial charge in [0.05, 0.1) is 17.9 Å². The number of fused-ring (bicyclic) bond motifs is 1. The largest absolute Gasteiger partial charge is 0.469 e. The van der Waals surface area contributed by atoms with Crippen molar-refractivity contribution in [3.05, 3.63) is 35.7 Å². The third-order valence-corrected chi connectivity index (χ3v) is 6.25. The van der Waals surface area contributed by atoms with E-state index in [1.807, 2.05) is 45.2 Å². The van der Waals surface area contributed by atoms with Gasteiger partial charge in [0.1, 0.15) is 22.8 Å². The van der Waals surface area contributed by atoms with Crippen molar-refractivity contribution in [3.8, 4) is 0 Å². The van der Waals surface area contributed by atoms with Gasteiger partial charge in [-0.1, -0.05) is 0 Å². The van der Waals surface area contributed by atoms with Gasteiger partial charge in [0.25, 0.3) is 0 Å². The minimum atomic E-state index is -0.270. The van der Waals surface area contributed by atoms with Crippen LogP contribution in [0.15, 0.2) is 34.2 Å². The minimum absolute atomic E-state index is 0.0180. The van der Waals surface area contributed by atoms with E-state index in [9.17, 15) is 4.79 Å². The van der Waals surface area contributed by atoms with Crippen LogP contribution in [-0.2, 0) is 9.53 Å². The number of amides is 1. The number of aromatic amines is 1. The third kappa shape index (κ3) is 4.17. The first-order chi connectivity index (χ1) is 15.3.